The van der Waals surface area contributed by atoms with E-state index < -0.39 is 24.5 Å². The molecule has 4 N–H and O–H groups in total. The van der Waals surface area contributed by atoms with E-state index in [0.717, 1.165) is 0 Å². The van der Waals surface area contributed by atoms with Crippen LogP contribution in [-0.2, 0) is 4.79 Å². The van der Waals surface area contributed by atoms with Crippen LogP contribution in [0.25, 0.3) is 0 Å². The van der Waals surface area contributed by atoms with Crippen molar-refractivity contribution in [3.8, 4) is 28.7 Å². The van der Waals surface area contributed by atoms with Gasteiger partial charge in [-0.25, -0.2) is 0 Å². The van der Waals surface area contributed by atoms with Crippen LogP contribution in [0.15, 0.2) is 30.3 Å². The maximum atomic E-state index is 12.4. The van der Waals surface area contributed by atoms with Crippen molar-refractivity contribution in [2.75, 3.05) is 33.7 Å². The molecule has 31 heavy (non-hydrogen) atoms. The number of nitrogens with two attached hydrogens (primary N) is 1. The molecule has 2 aromatic carbocycles. The highest BCUT2D eigenvalue weighted by Crippen LogP contribution is 2.36. The summed E-state index contributed by atoms with van der Waals surface area (Å²) in [5.41, 5.74) is 5.23. The van der Waals surface area contributed by atoms with E-state index in [0.29, 0.717) is 17.2 Å². The van der Waals surface area contributed by atoms with Crippen LogP contribution in [-0.4, -0.2) is 56.7 Å². The van der Waals surface area contributed by atoms with Gasteiger partial charge in [0.25, 0.3) is 11.8 Å². The van der Waals surface area contributed by atoms with Crippen molar-refractivity contribution in [3.63, 3.8) is 0 Å². The second kappa shape index (κ2) is 10.1. The van der Waals surface area contributed by atoms with E-state index >= 15 is 0 Å². The van der Waals surface area contributed by atoms with Gasteiger partial charge in [0.1, 0.15) is 18.5 Å². The predicted molar refractivity (Wildman–Crippen MR) is 109 cm³/mol. The SMILES string of the molecule is COc1cc(C(=O)NCC(O)COc2ccc3c(c2)OCO3)cc(Cl)c1OCC(N)=O. The molecule has 0 bridgehead atoms. The van der Waals surface area contributed by atoms with Crippen LogP contribution in [0.3, 0.4) is 0 Å². The third-order valence-electron chi connectivity index (χ3n) is 4.14. The van der Waals surface area contributed by atoms with Crippen molar-refractivity contribution in [2.24, 2.45) is 5.73 Å². The van der Waals surface area contributed by atoms with Crippen LogP contribution < -0.4 is 34.7 Å². The largest absolute Gasteiger partial charge is 0.493 e. The first kappa shape index (κ1) is 22.3. The molecule has 0 spiro atoms. The van der Waals surface area contributed by atoms with Crippen molar-refractivity contribution < 1.29 is 38.4 Å². The number of halogens is 1. The summed E-state index contributed by atoms with van der Waals surface area (Å²) >= 11 is 6.14. The fraction of sp³-hybridized carbons (Fsp3) is 0.300. The number of aliphatic hydroxyl groups is 1. The van der Waals surface area contributed by atoms with Gasteiger partial charge in [0.15, 0.2) is 29.6 Å². The van der Waals surface area contributed by atoms with E-state index in [2.05, 4.69) is 5.32 Å². The van der Waals surface area contributed by atoms with Gasteiger partial charge < -0.3 is 39.8 Å². The average Bonchev–Trinajstić information content (AvgIpc) is 3.22. The normalized spacial score (nSPS) is 12.7. The van der Waals surface area contributed by atoms with Crippen molar-refractivity contribution in [1.82, 2.24) is 5.32 Å². The van der Waals surface area contributed by atoms with Gasteiger partial charge in [0.05, 0.1) is 12.1 Å². The lowest BCUT2D eigenvalue weighted by Crippen LogP contribution is -2.35. The zero-order valence-corrected chi connectivity index (χ0v) is 17.3. The monoisotopic (exact) mass is 452 g/mol. The number of rotatable bonds is 10. The minimum Gasteiger partial charge on any atom is -0.493 e. The van der Waals surface area contributed by atoms with E-state index in [1.165, 1.54) is 19.2 Å². The highest BCUT2D eigenvalue weighted by molar-refractivity contribution is 6.32. The second-order valence-corrected chi connectivity index (χ2v) is 6.84. The average molecular weight is 453 g/mol. The van der Waals surface area contributed by atoms with Crippen molar-refractivity contribution in [2.45, 2.75) is 6.10 Å². The van der Waals surface area contributed by atoms with Crippen molar-refractivity contribution in [3.05, 3.63) is 40.9 Å². The second-order valence-electron chi connectivity index (χ2n) is 6.43. The number of primary amides is 1. The Hall–Kier alpha value is -3.37. The number of benzene rings is 2. The Kier molecular flexibility index (Phi) is 7.27. The molecule has 1 unspecified atom stereocenters. The van der Waals surface area contributed by atoms with Gasteiger partial charge in [-0.05, 0) is 24.3 Å². The molecule has 1 aliphatic heterocycles. The smallest absolute Gasteiger partial charge is 0.255 e. The molecule has 3 rings (SSSR count). The number of ether oxygens (including phenoxy) is 5. The summed E-state index contributed by atoms with van der Waals surface area (Å²) in [4.78, 5) is 23.3. The Bertz CT molecular complexity index is 968. The van der Waals surface area contributed by atoms with Gasteiger partial charge in [-0.1, -0.05) is 11.6 Å². The molecule has 0 radical (unpaired) electrons. The molecule has 0 saturated carbocycles. The Labute approximate surface area is 182 Å². The first-order valence-corrected chi connectivity index (χ1v) is 9.52. The molecule has 1 atom stereocenters. The summed E-state index contributed by atoms with van der Waals surface area (Å²) in [5, 5.41) is 12.8. The lowest BCUT2D eigenvalue weighted by atomic mass is 10.2. The van der Waals surface area contributed by atoms with E-state index in [9.17, 15) is 14.7 Å². The highest BCUT2D eigenvalue weighted by Gasteiger charge is 2.18. The zero-order chi connectivity index (χ0) is 22.4. The third kappa shape index (κ3) is 5.83. The van der Waals surface area contributed by atoms with Crippen LogP contribution in [0.1, 0.15) is 10.4 Å². The van der Waals surface area contributed by atoms with Crippen LogP contribution in [0.4, 0.5) is 0 Å². The van der Waals surface area contributed by atoms with Gasteiger partial charge in [0, 0.05) is 18.2 Å². The van der Waals surface area contributed by atoms with Gasteiger partial charge >= 0.3 is 0 Å². The maximum absolute atomic E-state index is 12.4. The number of nitrogens with one attached hydrogen (secondary N) is 1. The number of carbonyl (C=O) groups excluding carboxylic acids is 2. The first-order chi connectivity index (χ1) is 14.9. The van der Waals surface area contributed by atoms with E-state index in [-0.39, 0.29) is 42.0 Å². The molecular weight excluding hydrogens is 432 g/mol. The molecular formula is C20H21ClN2O8. The molecule has 2 aromatic rings. The fourth-order valence-electron chi connectivity index (χ4n) is 2.66. The number of methoxy groups -OCH3 is 1. The topological polar surface area (TPSA) is 139 Å². The molecule has 0 aliphatic carbocycles. The number of hydrogen-bond donors (Lipinski definition) is 3. The van der Waals surface area contributed by atoms with E-state index in [1.54, 1.807) is 18.2 Å². The molecule has 0 fully saturated rings. The summed E-state index contributed by atoms with van der Waals surface area (Å²) in [6, 6.07) is 7.80. The molecule has 1 heterocycles. The third-order valence-corrected chi connectivity index (χ3v) is 4.42. The van der Waals surface area contributed by atoms with Crippen molar-refractivity contribution >= 4 is 23.4 Å². The number of fused-ring (bicyclic) bond motifs is 1. The summed E-state index contributed by atoms with van der Waals surface area (Å²) in [6.45, 7) is -0.356. The van der Waals surface area contributed by atoms with Crippen LogP contribution in [0.5, 0.6) is 28.7 Å². The lowest BCUT2D eigenvalue weighted by Gasteiger charge is -2.15. The van der Waals surface area contributed by atoms with Crippen LogP contribution in [0, 0.1) is 0 Å². The number of carbonyl (C=O) groups is 2. The maximum Gasteiger partial charge on any atom is 0.255 e. The summed E-state index contributed by atoms with van der Waals surface area (Å²) in [5.74, 6) is 0.760. The fourth-order valence-corrected chi connectivity index (χ4v) is 2.93. The summed E-state index contributed by atoms with van der Waals surface area (Å²) in [6.07, 6.45) is -0.968. The van der Waals surface area contributed by atoms with Gasteiger partial charge in [-0.3, -0.25) is 9.59 Å². The molecule has 0 saturated heterocycles. The minimum atomic E-state index is -0.968. The standard InChI is InChI=1S/C20H21ClN2O8/c1-27-17-5-11(4-14(21)19(17)29-9-18(22)25)20(26)23-7-12(24)8-28-13-2-3-15-16(6-13)31-10-30-15/h2-6,12,24H,7-10H2,1H3,(H2,22,25)(H,23,26). The Morgan fingerprint density at radius 1 is 1.23 bits per heavy atom. The molecule has 2 amide bonds. The summed E-state index contributed by atoms with van der Waals surface area (Å²) in [7, 11) is 1.36. The quantitative estimate of drug-likeness (QED) is 0.487. The number of hydrogen-bond acceptors (Lipinski definition) is 8. The van der Waals surface area contributed by atoms with Gasteiger partial charge in [-0.15, -0.1) is 0 Å². The Morgan fingerprint density at radius 2 is 2.00 bits per heavy atom. The van der Waals surface area contributed by atoms with Crippen LogP contribution in [0.2, 0.25) is 5.02 Å². The van der Waals surface area contributed by atoms with Crippen LogP contribution >= 0.6 is 11.6 Å². The molecule has 166 valence electrons. The molecule has 0 aromatic heterocycles. The Morgan fingerprint density at radius 3 is 2.74 bits per heavy atom. The van der Waals surface area contributed by atoms with E-state index in [1.807, 2.05) is 0 Å². The highest BCUT2D eigenvalue weighted by atomic mass is 35.5. The predicted octanol–water partition coefficient (Wildman–Crippen LogP) is 1.11. The minimum absolute atomic E-state index is 0.0517. The molecule has 1 aliphatic rings. The van der Waals surface area contributed by atoms with Gasteiger partial charge in [0.2, 0.25) is 6.79 Å². The Balaban J connectivity index is 1.53. The van der Waals surface area contributed by atoms with E-state index in [4.69, 9.17) is 41.0 Å². The zero-order valence-electron chi connectivity index (χ0n) is 16.6. The molecule has 11 heteroatoms. The number of aliphatic hydroxyl groups excluding tert-OH is 1. The summed E-state index contributed by atoms with van der Waals surface area (Å²) < 4.78 is 26.4. The first-order valence-electron chi connectivity index (χ1n) is 9.14. The molecule has 10 nitrogen and oxygen atoms in total. The number of amides is 2. The lowest BCUT2D eigenvalue weighted by molar-refractivity contribution is -0.119. The van der Waals surface area contributed by atoms with Gasteiger partial charge in [-0.2, -0.15) is 0 Å². The van der Waals surface area contributed by atoms with Crippen molar-refractivity contribution in [1.29, 1.82) is 0 Å².